The second-order valence-corrected chi connectivity index (χ2v) is 3.10. The molecule has 0 amide bonds. The Hall–Kier alpha value is -0.870. The lowest BCUT2D eigenvalue weighted by molar-refractivity contribution is 0.0773. The fourth-order valence-electron chi connectivity index (χ4n) is 1.20. The zero-order valence-electron chi connectivity index (χ0n) is 7.90. The molecule has 0 aliphatic heterocycles. The molecule has 5 heteroatoms. The van der Waals surface area contributed by atoms with Crippen molar-refractivity contribution in [3.63, 3.8) is 0 Å². The third-order valence-corrected chi connectivity index (χ3v) is 2.00. The zero-order valence-corrected chi connectivity index (χ0v) is 9.61. The lowest BCUT2D eigenvalue weighted by Gasteiger charge is -2.07. The van der Waals surface area contributed by atoms with Crippen LogP contribution >= 0.6 is 25.3 Å². The van der Waals surface area contributed by atoms with E-state index in [1.807, 2.05) is 19.9 Å². The summed E-state index contributed by atoms with van der Waals surface area (Å²) < 4.78 is 4.30. The van der Waals surface area contributed by atoms with E-state index < -0.39 is 5.97 Å². The molecule has 0 spiro atoms. The Morgan fingerprint density at radius 3 is 2.50 bits per heavy atom. The Morgan fingerprint density at radius 2 is 2.00 bits per heavy atom. The van der Waals surface area contributed by atoms with E-state index in [-0.39, 0.29) is 12.4 Å². The number of rotatable bonds is 1. The third-order valence-electron chi connectivity index (χ3n) is 1.83. The van der Waals surface area contributed by atoms with Crippen LogP contribution in [0, 0.1) is 13.8 Å². The van der Waals surface area contributed by atoms with Gasteiger partial charge in [0.05, 0.1) is 5.56 Å². The molecule has 0 aliphatic rings. The predicted octanol–water partition coefficient (Wildman–Crippen LogP) is 2.31. The number of carbonyl (C=O) groups is 1. The third kappa shape index (κ3) is 2.56. The minimum Gasteiger partial charge on any atom is -0.398 e. The molecule has 0 aromatic heterocycles. The Balaban J connectivity index is 0.00000169. The number of carbonyl (C=O) groups excluding carboxylic acids is 1. The van der Waals surface area contributed by atoms with Crippen molar-refractivity contribution in [2.45, 2.75) is 13.8 Å². The SMILES string of the molecule is Cc1cc(C)c(N)c(C(=O)OS)c1.Cl. The van der Waals surface area contributed by atoms with Crippen LogP contribution in [-0.2, 0) is 4.18 Å². The van der Waals surface area contributed by atoms with E-state index >= 15 is 0 Å². The summed E-state index contributed by atoms with van der Waals surface area (Å²) in [6, 6.07) is 3.59. The first-order chi connectivity index (χ1) is 6.06. The maximum absolute atomic E-state index is 11.2. The molecule has 14 heavy (non-hydrogen) atoms. The highest BCUT2D eigenvalue weighted by atomic mass is 35.5. The van der Waals surface area contributed by atoms with E-state index in [1.54, 1.807) is 6.07 Å². The van der Waals surface area contributed by atoms with Crippen molar-refractivity contribution in [3.8, 4) is 0 Å². The molecule has 2 N–H and O–H groups in total. The quantitative estimate of drug-likeness (QED) is 0.445. The molecule has 1 rings (SSSR count). The van der Waals surface area contributed by atoms with Crippen LogP contribution in [0.15, 0.2) is 12.1 Å². The summed E-state index contributed by atoms with van der Waals surface area (Å²) in [5, 5.41) is 0. The van der Waals surface area contributed by atoms with Crippen LogP contribution in [0.5, 0.6) is 0 Å². The first-order valence-corrected chi connectivity index (χ1v) is 4.15. The number of aryl methyl sites for hydroxylation is 2. The van der Waals surface area contributed by atoms with Gasteiger partial charge in [-0.25, -0.2) is 4.79 Å². The average molecular weight is 234 g/mol. The molecule has 0 bridgehead atoms. The van der Waals surface area contributed by atoms with Crippen LogP contribution in [0.4, 0.5) is 5.69 Å². The number of nitrogens with two attached hydrogens (primary N) is 1. The summed E-state index contributed by atoms with van der Waals surface area (Å²) in [6.07, 6.45) is 0. The molecule has 0 aliphatic carbocycles. The summed E-state index contributed by atoms with van der Waals surface area (Å²) in [5.41, 5.74) is 8.35. The fraction of sp³-hybridized carbons (Fsp3) is 0.222. The van der Waals surface area contributed by atoms with Crippen molar-refractivity contribution in [2.24, 2.45) is 0 Å². The molecule has 3 nitrogen and oxygen atoms in total. The molecular weight excluding hydrogens is 222 g/mol. The van der Waals surface area contributed by atoms with Gasteiger partial charge < -0.3 is 9.92 Å². The highest BCUT2D eigenvalue weighted by molar-refractivity contribution is 7.75. The number of benzene rings is 1. The van der Waals surface area contributed by atoms with Crippen LogP contribution in [0.1, 0.15) is 21.5 Å². The van der Waals surface area contributed by atoms with Crippen molar-refractivity contribution < 1.29 is 8.98 Å². The van der Waals surface area contributed by atoms with E-state index in [9.17, 15) is 4.79 Å². The van der Waals surface area contributed by atoms with Gasteiger partial charge in [0.1, 0.15) is 0 Å². The topological polar surface area (TPSA) is 52.3 Å². The fourth-order valence-corrected chi connectivity index (χ4v) is 1.30. The van der Waals surface area contributed by atoms with Crippen LogP contribution in [0.3, 0.4) is 0 Å². The molecule has 0 heterocycles. The van der Waals surface area contributed by atoms with E-state index in [0.29, 0.717) is 11.3 Å². The summed E-state index contributed by atoms with van der Waals surface area (Å²) >= 11 is 3.44. The van der Waals surface area contributed by atoms with Crippen LogP contribution in [0.2, 0.25) is 0 Å². The molecule has 0 saturated heterocycles. The van der Waals surface area contributed by atoms with Gasteiger partial charge in [0.2, 0.25) is 0 Å². The first kappa shape index (κ1) is 13.1. The minimum atomic E-state index is -0.521. The number of hydrogen-bond donors (Lipinski definition) is 2. The minimum absolute atomic E-state index is 0. The van der Waals surface area contributed by atoms with Crippen molar-refractivity contribution in [1.82, 2.24) is 0 Å². The van der Waals surface area contributed by atoms with Gasteiger partial charge in [-0.15, -0.1) is 12.4 Å². The molecule has 0 atom stereocenters. The van der Waals surface area contributed by atoms with Gasteiger partial charge in [0.25, 0.3) is 0 Å². The normalized spacial score (nSPS) is 9.07. The number of thiol groups is 1. The van der Waals surface area contributed by atoms with Crippen molar-refractivity contribution >= 4 is 37.0 Å². The average Bonchev–Trinajstić information content (AvgIpc) is 2.10. The molecule has 78 valence electrons. The Kier molecular flexibility index (Phi) is 4.80. The summed E-state index contributed by atoms with van der Waals surface area (Å²) in [7, 11) is 0. The van der Waals surface area contributed by atoms with Gasteiger partial charge in [0, 0.05) is 18.6 Å². The van der Waals surface area contributed by atoms with Crippen LogP contribution < -0.4 is 5.73 Å². The van der Waals surface area contributed by atoms with Crippen LogP contribution in [-0.4, -0.2) is 5.97 Å². The van der Waals surface area contributed by atoms with Gasteiger partial charge >= 0.3 is 5.97 Å². The summed E-state index contributed by atoms with van der Waals surface area (Å²) in [5.74, 6) is -0.521. The Morgan fingerprint density at radius 1 is 1.43 bits per heavy atom. The Labute approximate surface area is 94.7 Å². The monoisotopic (exact) mass is 233 g/mol. The van der Waals surface area contributed by atoms with Gasteiger partial charge in [-0.1, -0.05) is 6.07 Å². The molecule has 0 fully saturated rings. The van der Waals surface area contributed by atoms with Crippen molar-refractivity contribution in [2.75, 3.05) is 5.73 Å². The number of anilines is 1. The maximum atomic E-state index is 11.2. The maximum Gasteiger partial charge on any atom is 0.352 e. The smallest absolute Gasteiger partial charge is 0.352 e. The second-order valence-electron chi connectivity index (χ2n) is 2.92. The predicted molar refractivity (Wildman–Crippen MR) is 62.0 cm³/mol. The van der Waals surface area contributed by atoms with E-state index in [1.165, 1.54) is 0 Å². The standard InChI is InChI=1S/C9H11NO2S.ClH/c1-5-3-6(2)8(10)7(4-5)9(11)12-13;/h3-4,13H,10H2,1-2H3;1H. The molecule has 1 aromatic rings. The second kappa shape index (κ2) is 5.12. The summed E-state index contributed by atoms with van der Waals surface area (Å²) in [6.45, 7) is 3.74. The summed E-state index contributed by atoms with van der Waals surface area (Å²) in [4.78, 5) is 11.2. The largest absolute Gasteiger partial charge is 0.398 e. The zero-order chi connectivity index (χ0) is 10.0. The van der Waals surface area contributed by atoms with E-state index in [0.717, 1.165) is 11.1 Å². The van der Waals surface area contributed by atoms with Crippen molar-refractivity contribution in [3.05, 3.63) is 28.8 Å². The van der Waals surface area contributed by atoms with Gasteiger partial charge in [0.15, 0.2) is 0 Å². The molecule has 0 radical (unpaired) electrons. The van der Waals surface area contributed by atoms with E-state index in [4.69, 9.17) is 5.73 Å². The number of nitrogen functional groups attached to an aromatic ring is 1. The first-order valence-electron chi connectivity index (χ1n) is 3.78. The van der Waals surface area contributed by atoms with Crippen molar-refractivity contribution in [1.29, 1.82) is 0 Å². The molecule has 1 aromatic carbocycles. The number of hydrogen-bond acceptors (Lipinski definition) is 4. The Bertz CT molecular complexity index is 355. The van der Waals surface area contributed by atoms with E-state index in [2.05, 4.69) is 17.1 Å². The lowest BCUT2D eigenvalue weighted by Crippen LogP contribution is -2.05. The highest BCUT2D eigenvalue weighted by Gasteiger charge is 2.12. The molecule has 0 unspecified atom stereocenters. The highest BCUT2D eigenvalue weighted by Crippen LogP contribution is 2.20. The van der Waals surface area contributed by atoms with Gasteiger partial charge in [-0.3, -0.25) is 0 Å². The number of halogens is 1. The molecule has 0 saturated carbocycles. The van der Waals surface area contributed by atoms with Gasteiger partial charge in [-0.2, -0.15) is 0 Å². The van der Waals surface area contributed by atoms with Crippen LogP contribution in [0.25, 0.3) is 0 Å². The lowest BCUT2D eigenvalue weighted by atomic mass is 10.0. The molecular formula is C9H12ClNO2S. The van der Waals surface area contributed by atoms with Gasteiger partial charge in [-0.05, 0) is 31.0 Å².